The summed E-state index contributed by atoms with van der Waals surface area (Å²) in [6, 6.07) is 8.31. The minimum Gasteiger partial charge on any atom is -0.310 e. The molecule has 2 aromatic rings. The lowest BCUT2D eigenvalue weighted by Gasteiger charge is -2.27. The van der Waals surface area contributed by atoms with Crippen molar-refractivity contribution in [3.8, 4) is 0 Å². The number of nitrogens with one attached hydrogen (secondary N) is 1. The van der Waals surface area contributed by atoms with Crippen molar-refractivity contribution in [2.75, 3.05) is 10.2 Å². The minimum absolute atomic E-state index is 0.0602. The van der Waals surface area contributed by atoms with Crippen molar-refractivity contribution in [2.24, 2.45) is 11.8 Å². The van der Waals surface area contributed by atoms with E-state index in [1.165, 1.54) is 0 Å². The third-order valence-corrected chi connectivity index (χ3v) is 5.54. The van der Waals surface area contributed by atoms with Crippen molar-refractivity contribution >= 4 is 34.1 Å². The number of rotatable bonds is 3. The number of anilines is 2. The SMILES string of the molecule is O=C(Nc1cc2cc(N3C(=O)C4CCC3C4)ccc2cn1)C1CC1. The number of amides is 2. The summed E-state index contributed by atoms with van der Waals surface area (Å²) in [5, 5.41) is 4.91. The highest BCUT2D eigenvalue weighted by Gasteiger charge is 2.45. The Labute approximate surface area is 140 Å². The molecule has 0 spiro atoms. The number of aromatic nitrogens is 1. The topological polar surface area (TPSA) is 62.3 Å². The number of carbonyl (C=O) groups excluding carboxylic acids is 2. The molecule has 2 atom stereocenters. The number of fused-ring (bicyclic) bond motifs is 3. The zero-order valence-corrected chi connectivity index (χ0v) is 13.4. The molecule has 1 saturated heterocycles. The maximum Gasteiger partial charge on any atom is 0.230 e. The number of hydrogen-bond donors (Lipinski definition) is 1. The maximum atomic E-state index is 12.5. The summed E-state index contributed by atoms with van der Waals surface area (Å²) in [7, 11) is 0. The highest BCUT2D eigenvalue weighted by molar-refractivity contribution is 6.01. The van der Waals surface area contributed by atoms with Gasteiger partial charge in [-0.3, -0.25) is 9.59 Å². The normalized spacial score (nSPS) is 25.5. The molecule has 2 saturated carbocycles. The number of benzene rings is 1. The van der Waals surface area contributed by atoms with Gasteiger partial charge < -0.3 is 10.2 Å². The van der Waals surface area contributed by atoms with Crippen LogP contribution in [-0.2, 0) is 9.59 Å². The fourth-order valence-corrected chi connectivity index (χ4v) is 4.05. The number of carbonyl (C=O) groups is 2. The quantitative estimate of drug-likeness (QED) is 0.945. The first-order valence-electron chi connectivity index (χ1n) is 8.73. The van der Waals surface area contributed by atoms with Crippen LogP contribution in [0.1, 0.15) is 32.1 Å². The second-order valence-corrected chi connectivity index (χ2v) is 7.24. The summed E-state index contributed by atoms with van der Waals surface area (Å²) in [5.74, 6) is 1.29. The number of pyridine rings is 1. The molecule has 5 heteroatoms. The van der Waals surface area contributed by atoms with E-state index in [0.717, 1.165) is 48.6 Å². The predicted octanol–water partition coefficient (Wildman–Crippen LogP) is 3.10. The highest BCUT2D eigenvalue weighted by atomic mass is 16.2. The van der Waals surface area contributed by atoms with Crippen molar-refractivity contribution in [1.82, 2.24) is 4.98 Å². The van der Waals surface area contributed by atoms with E-state index >= 15 is 0 Å². The highest BCUT2D eigenvalue weighted by Crippen LogP contribution is 2.41. The second kappa shape index (κ2) is 5.03. The Morgan fingerprint density at radius 1 is 1.12 bits per heavy atom. The molecule has 3 aliphatic rings. The molecule has 2 amide bonds. The first-order chi connectivity index (χ1) is 11.7. The van der Waals surface area contributed by atoms with E-state index in [1.54, 1.807) is 6.20 Å². The van der Waals surface area contributed by atoms with Gasteiger partial charge in [-0.15, -0.1) is 0 Å². The molecule has 5 rings (SSSR count). The summed E-state index contributed by atoms with van der Waals surface area (Å²) in [4.78, 5) is 30.7. The molecule has 3 fully saturated rings. The Kier molecular flexibility index (Phi) is 2.93. The molecule has 1 aliphatic heterocycles. The first kappa shape index (κ1) is 14.0. The van der Waals surface area contributed by atoms with E-state index in [4.69, 9.17) is 0 Å². The van der Waals surface area contributed by atoms with E-state index in [2.05, 4.69) is 10.3 Å². The van der Waals surface area contributed by atoms with Crippen LogP contribution < -0.4 is 10.2 Å². The van der Waals surface area contributed by atoms with Gasteiger partial charge in [0.2, 0.25) is 11.8 Å². The van der Waals surface area contributed by atoms with E-state index in [-0.39, 0.29) is 23.7 Å². The zero-order valence-electron chi connectivity index (χ0n) is 13.4. The Morgan fingerprint density at radius 3 is 2.75 bits per heavy atom. The van der Waals surface area contributed by atoms with Gasteiger partial charge in [0.25, 0.3) is 0 Å². The van der Waals surface area contributed by atoms with E-state index < -0.39 is 0 Å². The number of piperidine rings is 1. The van der Waals surface area contributed by atoms with Crippen LogP contribution in [0.2, 0.25) is 0 Å². The summed E-state index contributed by atoms with van der Waals surface area (Å²) in [6.45, 7) is 0. The van der Waals surface area contributed by atoms with Gasteiger partial charge in [-0.05, 0) is 55.7 Å². The molecule has 1 aromatic heterocycles. The average molecular weight is 321 g/mol. The molecule has 2 heterocycles. The monoisotopic (exact) mass is 321 g/mol. The third kappa shape index (κ3) is 2.19. The van der Waals surface area contributed by atoms with Crippen LogP contribution in [0.3, 0.4) is 0 Å². The fraction of sp³-hybridized carbons (Fsp3) is 0.421. The molecule has 5 nitrogen and oxygen atoms in total. The molecule has 2 aliphatic carbocycles. The smallest absolute Gasteiger partial charge is 0.230 e. The summed E-state index contributed by atoms with van der Waals surface area (Å²) >= 11 is 0. The maximum absolute atomic E-state index is 12.5. The van der Waals surface area contributed by atoms with E-state index in [1.807, 2.05) is 29.2 Å². The lowest BCUT2D eigenvalue weighted by atomic mass is 10.1. The minimum atomic E-state index is 0.0602. The van der Waals surface area contributed by atoms with Gasteiger partial charge in [0.1, 0.15) is 5.82 Å². The summed E-state index contributed by atoms with van der Waals surface area (Å²) in [5.41, 5.74) is 0.963. The van der Waals surface area contributed by atoms with Crippen LogP contribution in [0.4, 0.5) is 11.5 Å². The zero-order chi connectivity index (χ0) is 16.3. The Hall–Kier alpha value is -2.43. The third-order valence-electron chi connectivity index (χ3n) is 5.54. The molecule has 2 unspecified atom stereocenters. The lowest BCUT2D eigenvalue weighted by molar-refractivity contribution is -0.121. The number of nitrogens with zero attached hydrogens (tertiary/aromatic N) is 2. The Bertz CT molecular complexity index is 859. The van der Waals surface area contributed by atoms with Gasteiger partial charge in [0.15, 0.2) is 0 Å². The Morgan fingerprint density at radius 2 is 2.00 bits per heavy atom. The van der Waals surface area contributed by atoms with Crippen LogP contribution in [0.25, 0.3) is 10.8 Å². The van der Waals surface area contributed by atoms with Crippen molar-refractivity contribution in [3.63, 3.8) is 0 Å². The molecular weight excluding hydrogens is 302 g/mol. The molecule has 2 bridgehead atoms. The largest absolute Gasteiger partial charge is 0.310 e. The van der Waals surface area contributed by atoms with E-state index in [9.17, 15) is 9.59 Å². The number of hydrogen-bond acceptors (Lipinski definition) is 3. The predicted molar refractivity (Wildman–Crippen MR) is 91.7 cm³/mol. The molecular formula is C19H19N3O2. The van der Waals surface area contributed by atoms with E-state index in [0.29, 0.717) is 11.9 Å². The summed E-state index contributed by atoms with van der Waals surface area (Å²) in [6.07, 6.45) is 6.87. The first-order valence-corrected chi connectivity index (χ1v) is 8.73. The standard InChI is InChI=1S/C19H19N3O2/c23-18(11-1-2-11)21-17-9-14-8-16(6-4-13(14)10-20-17)22-15-5-3-12(7-15)19(22)24/h4,6,8-12,15H,1-3,5,7H2,(H,20,21,23). The van der Waals surface area contributed by atoms with Crippen molar-refractivity contribution in [1.29, 1.82) is 0 Å². The summed E-state index contributed by atoms with van der Waals surface area (Å²) < 4.78 is 0. The average Bonchev–Trinajstić information content (AvgIpc) is 3.26. The molecule has 1 N–H and O–H groups in total. The van der Waals surface area contributed by atoms with Crippen molar-refractivity contribution < 1.29 is 9.59 Å². The fourth-order valence-electron chi connectivity index (χ4n) is 4.05. The van der Waals surface area contributed by atoms with Crippen molar-refractivity contribution in [3.05, 3.63) is 30.5 Å². The van der Waals surface area contributed by atoms with Crippen LogP contribution >= 0.6 is 0 Å². The van der Waals surface area contributed by atoms with Gasteiger partial charge in [0, 0.05) is 35.1 Å². The molecule has 122 valence electrons. The van der Waals surface area contributed by atoms with Crippen molar-refractivity contribution in [2.45, 2.75) is 38.1 Å². The lowest BCUT2D eigenvalue weighted by Crippen LogP contribution is -2.36. The molecule has 1 aromatic carbocycles. The van der Waals surface area contributed by atoms with Gasteiger partial charge >= 0.3 is 0 Å². The second-order valence-electron chi connectivity index (χ2n) is 7.24. The van der Waals surface area contributed by atoms with Crippen LogP contribution in [0, 0.1) is 11.8 Å². The Balaban J connectivity index is 1.47. The van der Waals surface area contributed by atoms with Gasteiger partial charge in [-0.1, -0.05) is 6.07 Å². The van der Waals surface area contributed by atoms with Crippen LogP contribution in [0.5, 0.6) is 0 Å². The van der Waals surface area contributed by atoms with Gasteiger partial charge in [0.05, 0.1) is 0 Å². The van der Waals surface area contributed by atoms with Gasteiger partial charge in [-0.25, -0.2) is 4.98 Å². The molecule has 0 radical (unpaired) electrons. The van der Waals surface area contributed by atoms with Crippen LogP contribution in [0.15, 0.2) is 30.5 Å². The van der Waals surface area contributed by atoms with Crippen LogP contribution in [-0.4, -0.2) is 22.8 Å². The van der Waals surface area contributed by atoms with Gasteiger partial charge in [-0.2, -0.15) is 0 Å². The molecule has 24 heavy (non-hydrogen) atoms.